The molecule has 0 aliphatic heterocycles. The Hall–Kier alpha value is -1.34. The summed E-state index contributed by atoms with van der Waals surface area (Å²) in [5, 5.41) is 0. The Bertz CT molecular complexity index is 478. The Kier molecular flexibility index (Phi) is 4.92. The second-order valence-corrected chi connectivity index (χ2v) is 6.13. The lowest BCUT2D eigenvalue weighted by Crippen LogP contribution is -2.35. The van der Waals surface area contributed by atoms with Gasteiger partial charge in [0.2, 0.25) is 10.0 Å². The van der Waals surface area contributed by atoms with Crippen LogP contribution in [0.4, 0.5) is 0 Å². The highest BCUT2D eigenvalue weighted by atomic mass is 32.2. The van der Waals surface area contributed by atoms with E-state index in [1.54, 1.807) is 26.0 Å². The van der Waals surface area contributed by atoms with Crippen molar-refractivity contribution in [1.29, 1.82) is 0 Å². The Morgan fingerprint density at radius 1 is 1.50 bits per heavy atom. The molecule has 0 N–H and O–H groups in total. The van der Waals surface area contributed by atoms with Gasteiger partial charge in [-0.3, -0.25) is 4.79 Å². The molecule has 1 rings (SSSR count). The predicted octanol–water partition coefficient (Wildman–Crippen LogP) is 0.993. The molecule has 1 aromatic rings. The van der Waals surface area contributed by atoms with E-state index in [0.717, 1.165) is 10.6 Å². The second-order valence-electron chi connectivity index (χ2n) is 4.15. The maximum atomic E-state index is 11.6. The number of carbonyl (C=O) groups is 1. The maximum Gasteiger partial charge on any atom is 0.321 e. The third-order valence-corrected chi connectivity index (χ3v) is 3.25. The Morgan fingerprint density at radius 3 is 2.61 bits per heavy atom. The average molecular weight is 275 g/mol. The summed E-state index contributed by atoms with van der Waals surface area (Å²) in [6.07, 6.45) is 2.21. The van der Waals surface area contributed by atoms with Crippen LogP contribution in [0.25, 0.3) is 0 Å². The minimum absolute atomic E-state index is 0.0129. The van der Waals surface area contributed by atoms with Crippen LogP contribution in [0.5, 0.6) is 0 Å². The number of furan rings is 1. The number of esters is 1. The maximum absolute atomic E-state index is 11.6. The minimum atomic E-state index is -3.50. The van der Waals surface area contributed by atoms with Gasteiger partial charge in [-0.05, 0) is 26.0 Å². The van der Waals surface area contributed by atoms with E-state index in [1.165, 1.54) is 6.26 Å². The van der Waals surface area contributed by atoms with Crippen molar-refractivity contribution in [2.75, 3.05) is 12.8 Å². The summed E-state index contributed by atoms with van der Waals surface area (Å²) in [4.78, 5) is 11.5. The lowest BCUT2D eigenvalue weighted by atomic mass is 10.4. The zero-order valence-electron chi connectivity index (χ0n) is 10.6. The fourth-order valence-electron chi connectivity index (χ4n) is 1.31. The Morgan fingerprint density at radius 2 is 2.17 bits per heavy atom. The van der Waals surface area contributed by atoms with Crippen LogP contribution >= 0.6 is 0 Å². The average Bonchev–Trinajstić information content (AvgIpc) is 2.66. The molecule has 18 heavy (non-hydrogen) atoms. The third-order valence-electron chi connectivity index (χ3n) is 2.05. The minimum Gasteiger partial charge on any atom is -0.468 e. The number of sulfonamides is 1. The molecule has 0 fully saturated rings. The SMILES string of the molecule is CC(C)OC(=O)CN(Cc1ccco1)S(C)(=O)=O. The summed E-state index contributed by atoms with van der Waals surface area (Å²) in [6, 6.07) is 3.30. The standard InChI is InChI=1S/C11H17NO5S/c1-9(2)17-11(13)8-12(18(3,14)15)7-10-5-4-6-16-10/h4-6,9H,7-8H2,1-3H3. The highest BCUT2D eigenvalue weighted by Gasteiger charge is 2.22. The molecule has 0 amide bonds. The fraction of sp³-hybridized carbons (Fsp3) is 0.545. The van der Waals surface area contributed by atoms with Gasteiger partial charge in [-0.1, -0.05) is 0 Å². The Balaban J connectivity index is 2.71. The largest absolute Gasteiger partial charge is 0.468 e. The van der Waals surface area contributed by atoms with Gasteiger partial charge in [0, 0.05) is 0 Å². The summed E-state index contributed by atoms with van der Waals surface area (Å²) < 4.78 is 34.1. The van der Waals surface area contributed by atoms with Crippen molar-refractivity contribution in [3.05, 3.63) is 24.2 Å². The van der Waals surface area contributed by atoms with Crippen molar-refractivity contribution in [1.82, 2.24) is 4.31 Å². The smallest absolute Gasteiger partial charge is 0.321 e. The van der Waals surface area contributed by atoms with E-state index in [2.05, 4.69) is 0 Å². The van der Waals surface area contributed by atoms with E-state index in [0.29, 0.717) is 5.76 Å². The van der Waals surface area contributed by atoms with Crippen molar-refractivity contribution < 1.29 is 22.4 Å². The summed E-state index contributed by atoms with van der Waals surface area (Å²) >= 11 is 0. The molecular formula is C11H17NO5S. The molecule has 102 valence electrons. The van der Waals surface area contributed by atoms with Crippen molar-refractivity contribution in [2.45, 2.75) is 26.5 Å². The molecule has 6 nitrogen and oxygen atoms in total. The fourth-order valence-corrected chi connectivity index (χ4v) is 2.01. The normalized spacial score (nSPS) is 12.1. The Labute approximate surface area is 107 Å². The molecule has 0 spiro atoms. The van der Waals surface area contributed by atoms with Gasteiger partial charge in [-0.2, -0.15) is 4.31 Å². The predicted molar refractivity (Wildman–Crippen MR) is 65.2 cm³/mol. The van der Waals surface area contributed by atoms with Crippen LogP contribution in [-0.4, -0.2) is 37.6 Å². The first-order valence-electron chi connectivity index (χ1n) is 5.46. The number of nitrogens with zero attached hydrogens (tertiary/aromatic N) is 1. The molecule has 0 aliphatic carbocycles. The highest BCUT2D eigenvalue weighted by molar-refractivity contribution is 7.88. The number of carbonyl (C=O) groups excluding carboxylic acids is 1. The zero-order valence-corrected chi connectivity index (χ0v) is 11.4. The van der Waals surface area contributed by atoms with E-state index >= 15 is 0 Å². The van der Waals surface area contributed by atoms with Crippen LogP contribution in [0.15, 0.2) is 22.8 Å². The van der Waals surface area contributed by atoms with Crippen molar-refractivity contribution in [3.8, 4) is 0 Å². The van der Waals surface area contributed by atoms with Crippen LogP contribution < -0.4 is 0 Å². The van der Waals surface area contributed by atoms with Gasteiger partial charge in [-0.25, -0.2) is 8.42 Å². The van der Waals surface area contributed by atoms with E-state index in [4.69, 9.17) is 9.15 Å². The van der Waals surface area contributed by atoms with E-state index < -0.39 is 16.0 Å². The van der Waals surface area contributed by atoms with Crippen molar-refractivity contribution in [2.24, 2.45) is 0 Å². The summed E-state index contributed by atoms with van der Waals surface area (Å²) in [7, 11) is -3.50. The van der Waals surface area contributed by atoms with Gasteiger partial charge in [0.25, 0.3) is 0 Å². The number of hydrogen-bond donors (Lipinski definition) is 0. The first-order chi connectivity index (χ1) is 8.29. The molecule has 0 unspecified atom stereocenters. The lowest BCUT2D eigenvalue weighted by Gasteiger charge is -2.18. The molecule has 0 saturated heterocycles. The zero-order chi connectivity index (χ0) is 13.8. The van der Waals surface area contributed by atoms with Crippen molar-refractivity contribution in [3.63, 3.8) is 0 Å². The first-order valence-corrected chi connectivity index (χ1v) is 7.31. The number of hydrogen-bond acceptors (Lipinski definition) is 5. The lowest BCUT2D eigenvalue weighted by molar-refractivity contribution is -0.147. The van der Waals surface area contributed by atoms with Gasteiger partial charge in [0.15, 0.2) is 0 Å². The molecule has 0 atom stereocenters. The van der Waals surface area contributed by atoms with Crippen LogP contribution in [0.3, 0.4) is 0 Å². The summed E-state index contributed by atoms with van der Waals surface area (Å²) in [5.41, 5.74) is 0. The molecule has 0 radical (unpaired) electrons. The summed E-state index contributed by atoms with van der Waals surface area (Å²) in [6.45, 7) is 3.10. The van der Waals surface area contributed by atoms with Gasteiger partial charge >= 0.3 is 5.97 Å². The quantitative estimate of drug-likeness (QED) is 0.724. The first kappa shape index (κ1) is 14.7. The van der Waals surface area contributed by atoms with Crippen LogP contribution in [0, 0.1) is 0 Å². The molecule has 0 aromatic carbocycles. The van der Waals surface area contributed by atoms with Gasteiger partial charge in [0.05, 0.1) is 25.2 Å². The highest BCUT2D eigenvalue weighted by Crippen LogP contribution is 2.09. The van der Waals surface area contributed by atoms with Gasteiger partial charge < -0.3 is 9.15 Å². The topological polar surface area (TPSA) is 76.8 Å². The number of rotatable bonds is 6. The monoisotopic (exact) mass is 275 g/mol. The summed E-state index contributed by atoms with van der Waals surface area (Å²) in [5.74, 6) is -0.111. The van der Waals surface area contributed by atoms with Crippen LogP contribution in [0.2, 0.25) is 0 Å². The molecule has 1 heterocycles. The molecule has 0 aliphatic rings. The van der Waals surface area contributed by atoms with Crippen LogP contribution in [0.1, 0.15) is 19.6 Å². The van der Waals surface area contributed by atoms with Gasteiger partial charge in [-0.15, -0.1) is 0 Å². The van der Waals surface area contributed by atoms with Crippen LogP contribution in [-0.2, 0) is 26.1 Å². The molecule has 0 saturated carbocycles. The second kappa shape index (κ2) is 6.01. The van der Waals surface area contributed by atoms with E-state index in [9.17, 15) is 13.2 Å². The van der Waals surface area contributed by atoms with E-state index in [-0.39, 0.29) is 19.2 Å². The van der Waals surface area contributed by atoms with Gasteiger partial charge in [0.1, 0.15) is 12.3 Å². The van der Waals surface area contributed by atoms with E-state index in [1.807, 2.05) is 0 Å². The van der Waals surface area contributed by atoms with Crippen molar-refractivity contribution >= 4 is 16.0 Å². The molecule has 7 heteroatoms. The number of ether oxygens (including phenoxy) is 1. The molecular weight excluding hydrogens is 258 g/mol. The third kappa shape index (κ3) is 4.89. The molecule has 0 bridgehead atoms. The molecule has 1 aromatic heterocycles.